The summed E-state index contributed by atoms with van der Waals surface area (Å²) in [5.74, 6) is 0.0797. The normalized spacial score (nSPS) is 15.8. The number of hydrogen-bond acceptors (Lipinski definition) is 8. The summed E-state index contributed by atoms with van der Waals surface area (Å²) in [6.45, 7) is 2.67. The van der Waals surface area contributed by atoms with Gasteiger partial charge >= 0.3 is 6.03 Å². The number of phenols is 1. The van der Waals surface area contributed by atoms with Gasteiger partial charge < -0.3 is 29.2 Å². The summed E-state index contributed by atoms with van der Waals surface area (Å²) in [7, 11) is 4.43. The van der Waals surface area contributed by atoms with Gasteiger partial charge in [-0.2, -0.15) is 4.98 Å². The van der Waals surface area contributed by atoms with Crippen molar-refractivity contribution in [2.24, 2.45) is 0 Å². The van der Waals surface area contributed by atoms with Crippen molar-refractivity contribution in [3.8, 4) is 28.6 Å². The van der Waals surface area contributed by atoms with E-state index in [9.17, 15) is 14.3 Å². The maximum absolute atomic E-state index is 14.3. The van der Waals surface area contributed by atoms with E-state index in [1.807, 2.05) is 0 Å². The maximum atomic E-state index is 14.3. The van der Waals surface area contributed by atoms with Crippen molar-refractivity contribution in [3.05, 3.63) is 59.4 Å². The minimum absolute atomic E-state index is 0.0799. The average Bonchev–Trinajstić information content (AvgIpc) is 3.35. The molecule has 0 spiro atoms. The molecule has 4 rings (SSSR count). The third kappa shape index (κ3) is 4.82. The second-order valence-electron chi connectivity index (χ2n) is 8.08. The molecule has 0 bridgehead atoms. The Morgan fingerprint density at radius 1 is 1.14 bits per heavy atom. The highest BCUT2D eigenvalue weighted by molar-refractivity contribution is 5.87. The summed E-state index contributed by atoms with van der Waals surface area (Å²) in [5.41, 5.74) is 2.13. The Balaban J connectivity index is 1.78. The number of carbonyl (C=O) groups is 1. The molecular weight excluding hydrogens is 471 g/mol. The fourth-order valence-corrected chi connectivity index (χ4v) is 4.09. The van der Waals surface area contributed by atoms with Crippen LogP contribution in [0.5, 0.6) is 17.2 Å². The predicted octanol–water partition coefficient (Wildman–Crippen LogP) is 4.13. The number of benzene rings is 2. The number of carbonyl (C=O) groups excluding carboxylic acids is 1. The van der Waals surface area contributed by atoms with Gasteiger partial charge in [-0.1, -0.05) is 11.2 Å². The van der Waals surface area contributed by atoms with E-state index < -0.39 is 11.9 Å². The van der Waals surface area contributed by atoms with E-state index in [0.717, 1.165) is 0 Å². The smallest absolute Gasteiger partial charge is 0.322 e. The topological polar surface area (TPSA) is 119 Å². The Morgan fingerprint density at radius 3 is 2.56 bits per heavy atom. The fraction of sp³-hybridized carbons (Fsp3) is 0.320. The molecule has 1 atom stereocenters. The number of amides is 2. The number of halogens is 1. The molecule has 11 heteroatoms. The highest BCUT2D eigenvalue weighted by atomic mass is 19.1. The van der Waals surface area contributed by atoms with Crippen molar-refractivity contribution in [1.82, 2.24) is 20.4 Å². The van der Waals surface area contributed by atoms with Gasteiger partial charge in [-0.3, -0.25) is 4.90 Å². The zero-order chi connectivity index (χ0) is 25.8. The number of hydrogen-bond donors (Lipinski definition) is 2. The van der Waals surface area contributed by atoms with Crippen LogP contribution in [0.4, 0.5) is 9.18 Å². The Kier molecular flexibility index (Phi) is 7.39. The van der Waals surface area contributed by atoms with Crippen molar-refractivity contribution in [2.75, 3.05) is 34.5 Å². The standard InChI is InChI=1S/C25H27FN4O6/c1-14-21(24-28-23(29-36-24)16-7-8-19(34-3)17(26)12-16)22(15-6-9-20(35-4)18(31)13-15)27-25(32)30(14)10-5-11-33-2/h6-9,12-13,22,31H,5,10-11H2,1-4H3,(H,27,32). The van der Waals surface area contributed by atoms with Crippen LogP contribution in [0.3, 0.4) is 0 Å². The third-order valence-electron chi connectivity index (χ3n) is 5.93. The lowest BCUT2D eigenvalue weighted by Gasteiger charge is -2.35. The van der Waals surface area contributed by atoms with Crippen LogP contribution in [0.2, 0.25) is 0 Å². The van der Waals surface area contributed by atoms with Crippen LogP contribution >= 0.6 is 0 Å². The minimum Gasteiger partial charge on any atom is -0.504 e. The number of ether oxygens (including phenoxy) is 3. The van der Waals surface area contributed by atoms with Crippen molar-refractivity contribution in [3.63, 3.8) is 0 Å². The van der Waals surface area contributed by atoms with E-state index in [-0.39, 0.29) is 29.2 Å². The number of methoxy groups -OCH3 is 3. The largest absolute Gasteiger partial charge is 0.504 e. The van der Waals surface area contributed by atoms with E-state index in [0.29, 0.717) is 47.7 Å². The second kappa shape index (κ2) is 10.6. The first-order valence-corrected chi connectivity index (χ1v) is 11.2. The van der Waals surface area contributed by atoms with E-state index in [1.54, 1.807) is 37.1 Å². The molecule has 3 aromatic rings. The number of nitrogens with one attached hydrogen (secondary N) is 1. The molecule has 0 fully saturated rings. The number of aromatic nitrogens is 2. The summed E-state index contributed by atoms with van der Waals surface area (Å²) < 4.78 is 35.1. The number of aromatic hydroxyl groups is 1. The molecule has 0 saturated carbocycles. The average molecular weight is 499 g/mol. The van der Waals surface area contributed by atoms with Crippen molar-refractivity contribution in [1.29, 1.82) is 0 Å². The number of allylic oxidation sites excluding steroid dienone is 1. The van der Waals surface area contributed by atoms with Crippen LogP contribution in [0.25, 0.3) is 17.0 Å². The first-order valence-electron chi connectivity index (χ1n) is 11.2. The van der Waals surface area contributed by atoms with Crippen LogP contribution in [0.15, 0.2) is 46.6 Å². The molecule has 2 amide bonds. The molecule has 1 aliphatic rings. The maximum Gasteiger partial charge on any atom is 0.322 e. The van der Waals surface area contributed by atoms with E-state index in [2.05, 4.69) is 15.5 Å². The summed E-state index contributed by atoms with van der Waals surface area (Å²) >= 11 is 0. The molecule has 2 aromatic carbocycles. The van der Waals surface area contributed by atoms with Gasteiger partial charge in [0.2, 0.25) is 5.82 Å². The molecule has 1 aromatic heterocycles. The first-order chi connectivity index (χ1) is 17.4. The molecule has 190 valence electrons. The Hall–Kier alpha value is -4.12. The molecule has 10 nitrogen and oxygen atoms in total. The van der Waals surface area contributed by atoms with Crippen LogP contribution < -0.4 is 14.8 Å². The van der Waals surface area contributed by atoms with Gasteiger partial charge in [0.25, 0.3) is 5.89 Å². The van der Waals surface area contributed by atoms with Gasteiger partial charge in [0.05, 0.1) is 25.8 Å². The predicted molar refractivity (Wildman–Crippen MR) is 128 cm³/mol. The number of phenolic OH excluding ortho intramolecular Hbond substituents is 1. The fourth-order valence-electron chi connectivity index (χ4n) is 4.09. The summed E-state index contributed by atoms with van der Waals surface area (Å²) in [6.07, 6.45) is 0.614. The molecule has 2 N–H and O–H groups in total. The van der Waals surface area contributed by atoms with Gasteiger partial charge in [-0.25, -0.2) is 9.18 Å². The lowest BCUT2D eigenvalue weighted by molar-refractivity contribution is 0.174. The van der Waals surface area contributed by atoms with Crippen molar-refractivity contribution in [2.45, 2.75) is 19.4 Å². The number of nitrogens with zero attached hydrogens (tertiary/aromatic N) is 3. The lowest BCUT2D eigenvalue weighted by Crippen LogP contribution is -2.46. The molecule has 0 saturated heterocycles. The van der Waals surface area contributed by atoms with Crippen molar-refractivity contribution >= 4 is 11.6 Å². The monoisotopic (exact) mass is 498 g/mol. The van der Waals surface area contributed by atoms with Gasteiger partial charge in [-0.05, 0) is 49.2 Å². The molecule has 36 heavy (non-hydrogen) atoms. The van der Waals surface area contributed by atoms with Crippen molar-refractivity contribution < 1.29 is 33.0 Å². The van der Waals surface area contributed by atoms with Crippen LogP contribution in [-0.2, 0) is 4.74 Å². The lowest BCUT2D eigenvalue weighted by atomic mass is 9.94. The second-order valence-corrected chi connectivity index (χ2v) is 8.08. The summed E-state index contributed by atoms with van der Waals surface area (Å²) in [4.78, 5) is 19.1. The Morgan fingerprint density at radius 2 is 1.89 bits per heavy atom. The SMILES string of the molecule is COCCCN1C(=O)NC(c2ccc(OC)c(O)c2)C(c2nc(-c3ccc(OC)c(F)c3)no2)=C1C. The quantitative estimate of drug-likeness (QED) is 0.423. The van der Waals surface area contributed by atoms with Gasteiger partial charge in [0.1, 0.15) is 0 Å². The number of urea groups is 1. The molecule has 1 unspecified atom stereocenters. The van der Waals surface area contributed by atoms with Crippen LogP contribution in [0.1, 0.15) is 30.8 Å². The zero-order valence-corrected chi connectivity index (χ0v) is 20.4. The molecule has 0 radical (unpaired) electrons. The van der Waals surface area contributed by atoms with Gasteiger partial charge in [0, 0.05) is 31.5 Å². The Bertz CT molecular complexity index is 1290. The van der Waals surface area contributed by atoms with Gasteiger partial charge in [-0.15, -0.1) is 0 Å². The minimum atomic E-state index is -0.700. The summed E-state index contributed by atoms with van der Waals surface area (Å²) in [5, 5.41) is 17.3. The van der Waals surface area contributed by atoms with E-state index in [4.69, 9.17) is 18.7 Å². The molecule has 0 aliphatic carbocycles. The molecule has 1 aliphatic heterocycles. The summed E-state index contributed by atoms with van der Waals surface area (Å²) in [6, 6.07) is 8.18. The van der Waals surface area contributed by atoms with Crippen LogP contribution in [-0.4, -0.2) is 60.7 Å². The molecule has 2 heterocycles. The van der Waals surface area contributed by atoms with Gasteiger partial charge in [0.15, 0.2) is 23.1 Å². The zero-order valence-electron chi connectivity index (χ0n) is 20.4. The van der Waals surface area contributed by atoms with E-state index >= 15 is 0 Å². The van der Waals surface area contributed by atoms with E-state index in [1.165, 1.54) is 32.4 Å². The number of rotatable bonds is 9. The third-order valence-corrected chi connectivity index (χ3v) is 5.93. The highest BCUT2D eigenvalue weighted by Gasteiger charge is 2.36. The first kappa shape index (κ1) is 25.0. The molecular formula is C25H27FN4O6. The van der Waals surface area contributed by atoms with Crippen LogP contribution in [0, 0.1) is 5.82 Å². The Labute approximate surface area is 207 Å². The highest BCUT2D eigenvalue weighted by Crippen LogP contribution is 2.40.